The number of rotatable bonds is 12. The van der Waals surface area contributed by atoms with Crippen LogP contribution in [0.1, 0.15) is 19.8 Å². The van der Waals surface area contributed by atoms with Crippen molar-refractivity contribution in [3.63, 3.8) is 0 Å². The number of ether oxygens (including phenoxy) is 3. The molecule has 1 unspecified atom stereocenters. The molecule has 104 valence electrons. The predicted octanol–water partition coefficient (Wildman–Crippen LogP) is 0.417. The topological polar surface area (TPSA) is 60.0 Å². The van der Waals surface area contributed by atoms with Gasteiger partial charge >= 0.3 is 0 Å². The summed E-state index contributed by atoms with van der Waals surface area (Å²) in [5.74, 6) is 0. The number of aliphatic hydroxyl groups is 1. The van der Waals surface area contributed by atoms with Crippen LogP contribution >= 0.6 is 0 Å². The Morgan fingerprint density at radius 2 is 1.76 bits per heavy atom. The lowest BCUT2D eigenvalue weighted by Crippen LogP contribution is -2.39. The highest BCUT2D eigenvalue weighted by Crippen LogP contribution is 2.06. The van der Waals surface area contributed by atoms with Crippen molar-refractivity contribution in [3.05, 3.63) is 0 Å². The number of hydrogen-bond donors (Lipinski definition) is 2. The second-order valence-electron chi connectivity index (χ2n) is 4.38. The van der Waals surface area contributed by atoms with Crippen molar-refractivity contribution in [2.75, 3.05) is 53.7 Å². The van der Waals surface area contributed by atoms with E-state index in [1.165, 1.54) is 0 Å². The van der Waals surface area contributed by atoms with Gasteiger partial charge in [-0.15, -0.1) is 0 Å². The molecule has 1 atom stereocenters. The molecule has 0 rings (SSSR count). The molecule has 0 saturated carbocycles. The summed E-state index contributed by atoms with van der Waals surface area (Å²) in [7, 11) is 3.32. The standard InChI is InChI=1S/C12H27NO4/c1-12(14,5-9-16-3)11-13-6-10-17-8-4-7-15-2/h13-14H,4-11H2,1-3H3. The molecule has 5 nitrogen and oxygen atoms in total. The van der Waals surface area contributed by atoms with Crippen LogP contribution in [0.25, 0.3) is 0 Å². The lowest BCUT2D eigenvalue weighted by Gasteiger charge is -2.23. The molecule has 0 amide bonds. The van der Waals surface area contributed by atoms with E-state index in [2.05, 4.69) is 5.32 Å². The highest BCUT2D eigenvalue weighted by molar-refractivity contribution is 4.74. The van der Waals surface area contributed by atoms with E-state index < -0.39 is 5.60 Å². The molecule has 0 aliphatic carbocycles. The molecule has 0 bridgehead atoms. The first-order chi connectivity index (χ1) is 8.12. The summed E-state index contributed by atoms with van der Waals surface area (Å²) in [5, 5.41) is 13.1. The number of nitrogens with one attached hydrogen (secondary N) is 1. The molecule has 0 aliphatic heterocycles. The van der Waals surface area contributed by atoms with Gasteiger partial charge < -0.3 is 24.6 Å². The SMILES string of the molecule is COCCCOCCNCC(C)(O)CCOC. The highest BCUT2D eigenvalue weighted by atomic mass is 16.5. The Labute approximate surface area is 104 Å². The highest BCUT2D eigenvalue weighted by Gasteiger charge is 2.18. The van der Waals surface area contributed by atoms with Crippen LogP contribution in [0, 0.1) is 0 Å². The van der Waals surface area contributed by atoms with Crippen LogP contribution in [-0.2, 0) is 14.2 Å². The van der Waals surface area contributed by atoms with Crippen molar-refractivity contribution >= 4 is 0 Å². The summed E-state index contributed by atoms with van der Waals surface area (Å²) < 4.78 is 15.2. The van der Waals surface area contributed by atoms with Crippen LogP contribution < -0.4 is 5.32 Å². The first-order valence-electron chi connectivity index (χ1n) is 6.11. The molecule has 17 heavy (non-hydrogen) atoms. The van der Waals surface area contributed by atoms with Gasteiger partial charge in [-0.25, -0.2) is 0 Å². The third-order valence-corrected chi connectivity index (χ3v) is 2.41. The zero-order valence-electron chi connectivity index (χ0n) is 11.3. The van der Waals surface area contributed by atoms with Crippen molar-refractivity contribution in [2.45, 2.75) is 25.4 Å². The van der Waals surface area contributed by atoms with Crippen LogP contribution in [0.2, 0.25) is 0 Å². The van der Waals surface area contributed by atoms with Crippen molar-refractivity contribution in [3.8, 4) is 0 Å². The average molecular weight is 249 g/mol. The van der Waals surface area contributed by atoms with E-state index in [0.717, 1.165) is 26.2 Å². The van der Waals surface area contributed by atoms with E-state index in [0.29, 0.717) is 26.2 Å². The Balaban J connectivity index is 3.26. The lowest BCUT2D eigenvalue weighted by atomic mass is 10.0. The summed E-state index contributed by atoms with van der Waals surface area (Å²) >= 11 is 0. The number of hydrogen-bond acceptors (Lipinski definition) is 5. The molecule has 0 spiro atoms. The fourth-order valence-corrected chi connectivity index (χ4v) is 1.32. The smallest absolute Gasteiger partial charge is 0.0765 e. The van der Waals surface area contributed by atoms with Gasteiger partial charge in [-0.3, -0.25) is 0 Å². The zero-order chi connectivity index (χ0) is 13.0. The fraction of sp³-hybridized carbons (Fsp3) is 1.00. The molecule has 0 aromatic heterocycles. The van der Waals surface area contributed by atoms with E-state index in [9.17, 15) is 5.11 Å². The second-order valence-corrected chi connectivity index (χ2v) is 4.38. The van der Waals surface area contributed by atoms with Crippen LogP contribution in [0.15, 0.2) is 0 Å². The van der Waals surface area contributed by atoms with Gasteiger partial charge in [0, 0.05) is 53.6 Å². The third kappa shape index (κ3) is 12.1. The monoisotopic (exact) mass is 249 g/mol. The number of methoxy groups -OCH3 is 2. The Kier molecular flexibility index (Phi) is 10.8. The largest absolute Gasteiger partial charge is 0.389 e. The van der Waals surface area contributed by atoms with Gasteiger partial charge in [-0.2, -0.15) is 0 Å². The first-order valence-corrected chi connectivity index (χ1v) is 6.11. The summed E-state index contributed by atoms with van der Waals surface area (Å²) in [6.45, 7) is 5.79. The van der Waals surface area contributed by atoms with Crippen LogP contribution in [0.5, 0.6) is 0 Å². The molecular weight excluding hydrogens is 222 g/mol. The second kappa shape index (κ2) is 10.9. The van der Waals surface area contributed by atoms with Crippen molar-refractivity contribution in [1.82, 2.24) is 5.32 Å². The molecule has 2 N–H and O–H groups in total. The summed E-state index contributed by atoms with van der Waals surface area (Å²) in [5.41, 5.74) is -0.716. The van der Waals surface area contributed by atoms with Gasteiger partial charge in [0.15, 0.2) is 0 Å². The Bertz CT molecular complexity index is 165. The van der Waals surface area contributed by atoms with E-state index in [-0.39, 0.29) is 0 Å². The molecular formula is C12H27NO4. The summed E-state index contributed by atoms with van der Waals surface area (Å²) in [4.78, 5) is 0. The normalized spacial score (nSPS) is 14.8. The minimum atomic E-state index is -0.716. The quantitative estimate of drug-likeness (QED) is 0.491. The molecule has 0 radical (unpaired) electrons. The minimum Gasteiger partial charge on any atom is -0.389 e. The average Bonchev–Trinajstić information content (AvgIpc) is 2.30. The van der Waals surface area contributed by atoms with Crippen molar-refractivity contribution < 1.29 is 19.3 Å². The Hall–Kier alpha value is -0.200. The van der Waals surface area contributed by atoms with Crippen LogP contribution in [0.4, 0.5) is 0 Å². The molecule has 0 aliphatic rings. The summed E-state index contributed by atoms with van der Waals surface area (Å²) in [6, 6.07) is 0. The van der Waals surface area contributed by atoms with Gasteiger partial charge in [-0.05, 0) is 13.3 Å². The molecule has 0 fully saturated rings. The fourth-order valence-electron chi connectivity index (χ4n) is 1.32. The zero-order valence-corrected chi connectivity index (χ0v) is 11.3. The van der Waals surface area contributed by atoms with Crippen LogP contribution in [0.3, 0.4) is 0 Å². The molecule has 5 heteroatoms. The van der Waals surface area contributed by atoms with E-state index in [1.807, 2.05) is 0 Å². The molecule has 0 aromatic rings. The van der Waals surface area contributed by atoms with Gasteiger partial charge in [0.25, 0.3) is 0 Å². The molecule has 0 aromatic carbocycles. The van der Waals surface area contributed by atoms with E-state index >= 15 is 0 Å². The van der Waals surface area contributed by atoms with Gasteiger partial charge in [-0.1, -0.05) is 0 Å². The van der Waals surface area contributed by atoms with Gasteiger partial charge in [0.05, 0.1) is 12.2 Å². The summed E-state index contributed by atoms with van der Waals surface area (Å²) in [6.07, 6.45) is 1.55. The molecule has 0 saturated heterocycles. The third-order valence-electron chi connectivity index (χ3n) is 2.41. The lowest BCUT2D eigenvalue weighted by molar-refractivity contribution is 0.0229. The minimum absolute atomic E-state index is 0.553. The van der Waals surface area contributed by atoms with E-state index in [1.54, 1.807) is 21.1 Å². The van der Waals surface area contributed by atoms with Gasteiger partial charge in [0.1, 0.15) is 0 Å². The molecule has 0 heterocycles. The maximum Gasteiger partial charge on any atom is 0.0765 e. The first kappa shape index (κ1) is 16.8. The Morgan fingerprint density at radius 3 is 2.41 bits per heavy atom. The van der Waals surface area contributed by atoms with Crippen LogP contribution in [-0.4, -0.2) is 64.4 Å². The Morgan fingerprint density at radius 1 is 1.06 bits per heavy atom. The van der Waals surface area contributed by atoms with Crippen molar-refractivity contribution in [2.24, 2.45) is 0 Å². The maximum atomic E-state index is 9.92. The van der Waals surface area contributed by atoms with E-state index in [4.69, 9.17) is 14.2 Å². The van der Waals surface area contributed by atoms with Crippen molar-refractivity contribution in [1.29, 1.82) is 0 Å². The predicted molar refractivity (Wildman–Crippen MR) is 67.3 cm³/mol. The maximum absolute atomic E-state index is 9.92. The van der Waals surface area contributed by atoms with Gasteiger partial charge in [0.2, 0.25) is 0 Å².